The molecule has 30 heavy (non-hydrogen) atoms. The van der Waals surface area contributed by atoms with E-state index in [0.717, 1.165) is 34.8 Å². The van der Waals surface area contributed by atoms with Crippen LogP contribution in [0.2, 0.25) is 0 Å². The van der Waals surface area contributed by atoms with Crippen LogP contribution in [-0.4, -0.2) is 50.8 Å². The van der Waals surface area contributed by atoms with E-state index in [1.807, 2.05) is 42.5 Å². The first-order chi connectivity index (χ1) is 14.6. The van der Waals surface area contributed by atoms with Crippen LogP contribution in [0.3, 0.4) is 0 Å². The van der Waals surface area contributed by atoms with Gasteiger partial charge in [0.25, 0.3) is 0 Å². The van der Waals surface area contributed by atoms with Crippen LogP contribution in [0, 0.1) is 0 Å². The molecule has 8 heteroatoms. The number of carbonyl (C=O) groups excluding carboxylic acids is 1. The molecule has 0 saturated carbocycles. The van der Waals surface area contributed by atoms with E-state index >= 15 is 0 Å². The summed E-state index contributed by atoms with van der Waals surface area (Å²) >= 11 is 0. The Morgan fingerprint density at radius 2 is 1.93 bits per heavy atom. The number of para-hydroxylation sites is 1. The minimum atomic E-state index is -0.0278. The minimum absolute atomic E-state index is 0.0278. The molecule has 2 aliphatic rings. The van der Waals surface area contributed by atoms with Crippen LogP contribution in [0.25, 0.3) is 0 Å². The monoisotopic (exact) mass is 410 g/mol. The third kappa shape index (κ3) is 4.59. The van der Waals surface area contributed by atoms with E-state index in [2.05, 4.69) is 10.6 Å². The molecule has 1 amide bonds. The lowest BCUT2D eigenvalue weighted by atomic mass is 10.0. The normalized spacial score (nSPS) is 17.0. The maximum atomic E-state index is 12.1. The number of amides is 1. The summed E-state index contributed by atoms with van der Waals surface area (Å²) in [6.07, 6.45) is 0.809. The van der Waals surface area contributed by atoms with E-state index in [-0.39, 0.29) is 25.3 Å². The number of ether oxygens (including phenoxy) is 3. The summed E-state index contributed by atoms with van der Waals surface area (Å²) in [6, 6.07) is 13.8. The lowest BCUT2D eigenvalue weighted by Crippen LogP contribution is -2.45. The van der Waals surface area contributed by atoms with Crippen molar-refractivity contribution in [3.63, 3.8) is 0 Å². The van der Waals surface area contributed by atoms with Crippen molar-refractivity contribution in [2.75, 3.05) is 34.0 Å². The van der Waals surface area contributed by atoms with Crippen molar-refractivity contribution in [1.29, 1.82) is 0 Å². The predicted octanol–water partition coefficient (Wildman–Crippen LogP) is 2.06. The van der Waals surface area contributed by atoms with Gasteiger partial charge in [0.15, 0.2) is 17.5 Å². The summed E-state index contributed by atoms with van der Waals surface area (Å²) in [4.78, 5) is 18.3. The molecule has 2 N–H and O–H groups in total. The highest BCUT2D eigenvalue weighted by molar-refractivity contribution is 5.86. The van der Waals surface area contributed by atoms with Gasteiger partial charge in [0, 0.05) is 26.1 Å². The van der Waals surface area contributed by atoms with Gasteiger partial charge in [-0.3, -0.25) is 4.79 Å². The van der Waals surface area contributed by atoms with Crippen LogP contribution in [0.5, 0.6) is 17.2 Å². The molecular weight excluding hydrogens is 384 g/mol. The Labute approximate surface area is 175 Å². The zero-order valence-corrected chi connectivity index (χ0v) is 17.2. The third-order valence-corrected chi connectivity index (χ3v) is 5.03. The molecule has 0 spiro atoms. The summed E-state index contributed by atoms with van der Waals surface area (Å²) in [7, 11) is 3.46. The van der Waals surface area contributed by atoms with E-state index < -0.39 is 0 Å². The lowest BCUT2D eigenvalue weighted by molar-refractivity contribution is -0.127. The van der Waals surface area contributed by atoms with E-state index in [1.54, 1.807) is 19.0 Å². The number of hydrogen-bond donors (Lipinski definition) is 2. The van der Waals surface area contributed by atoms with Gasteiger partial charge in [0.1, 0.15) is 5.75 Å². The fourth-order valence-corrected chi connectivity index (χ4v) is 3.34. The van der Waals surface area contributed by atoms with Gasteiger partial charge in [-0.1, -0.05) is 24.3 Å². The van der Waals surface area contributed by atoms with E-state index in [1.165, 1.54) is 0 Å². The zero-order valence-electron chi connectivity index (χ0n) is 17.2. The van der Waals surface area contributed by atoms with Crippen molar-refractivity contribution < 1.29 is 19.0 Å². The molecule has 158 valence electrons. The van der Waals surface area contributed by atoms with Crippen LogP contribution in [0.15, 0.2) is 47.5 Å². The summed E-state index contributed by atoms with van der Waals surface area (Å²) in [5.74, 6) is 2.89. The van der Waals surface area contributed by atoms with Crippen LogP contribution in [0.1, 0.15) is 23.6 Å². The molecule has 1 atom stereocenters. The van der Waals surface area contributed by atoms with Gasteiger partial charge < -0.3 is 29.7 Å². The molecule has 2 aromatic rings. The molecule has 0 aromatic heterocycles. The van der Waals surface area contributed by atoms with Crippen LogP contribution in [-0.2, 0) is 11.3 Å². The van der Waals surface area contributed by atoms with Crippen molar-refractivity contribution in [3.05, 3.63) is 53.6 Å². The maximum Gasteiger partial charge on any atom is 0.241 e. The second kappa shape index (κ2) is 8.94. The Balaban J connectivity index is 1.50. The number of carbonyl (C=O) groups is 1. The number of aliphatic imine (C=N–C) groups is 1. The van der Waals surface area contributed by atoms with Crippen molar-refractivity contribution >= 4 is 11.9 Å². The van der Waals surface area contributed by atoms with Gasteiger partial charge in [-0.15, -0.1) is 0 Å². The molecule has 0 radical (unpaired) electrons. The third-order valence-electron chi connectivity index (χ3n) is 5.03. The Bertz CT molecular complexity index is 944. The van der Waals surface area contributed by atoms with Gasteiger partial charge >= 0.3 is 0 Å². The predicted molar refractivity (Wildman–Crippen MR) is 113 cm³/mol. The number of likely N-dealkylation sites (N-methyl/N-ethyl adjacent to an activating group) is 1. The molecule has 2 aromatic carbocycles. The Morgan fingerprint density at radius 1 is 1.10 bits per heavy atom. The molecule has 4 rings (SSSR count). The van der Waals surface area contributed by atoms with E-state index in [4.69, 9.17) is 19.2 Å². The maximum absolute atomic E-state index is 12.1. The largest absolute Gasteiger partial charge is 0.493 e. The molecular formula is C22H26N4O4. The molecule has 2 aliphatic heterocycles. The number of guanidine groups is 1. The lowest BCUT2D eigenvalue weighted by Gasteiger charge is -2.28. The van der Waals surface area contributed by atoms with Gasteiger partial charge in [0.05, 0.1) is 25.7 Å². The van der Waals surface area contributed by atoms with Crippen molar-refractivity contribution in [2.45, 2.75) is 19.0 Å². The molecule has 0 aliphatic carbocycles. The number of rotatable bonds is 5. The van der Waals surface area contributed by atoms with Gasteiger partial charge in [-0.25, -0.2) is 4.99 Å². The second-order valence-electron chi connectivity index (χ2n) is 7.37. The van der Waals surface area contributed by atoms with E-state index in [9.17, 15) is 4.79 Å². The average Bonchev–Trinajstić information content (AvgIpc) is 3.23. The highest BCUT2D eigenvalue weighted by Gasteiger charge is 2.22. The number of benzene rings is 2. The van der Waals surface area contributed by atoms with Crippen molar-refractivity contribution in [1.82, 2.24) is 15.5 Å². The number of nitrogens with zero attached hydrogens (tertiary/aromatic N) is 2. The van der Waals surface area contributed by atoms with Gasteiger partial charge in [-0.2, -0.15) is 0 Å². The fraction of sp³-hybridized carbons (Fsp3) is 0.364. The molecule has 0 fully saturated rings. The summed E-state index contributed by atoms with van der Waals surface area (Å²) in [5.41, 5.74) is 2.08. The van der Waals surface area contributed by atoms with Crippen molar-refractivity contribution in [3.8, 4) is 17.2 Å². The first-order valence-electron chi connectivity index (χ1n) is 9.95. The van der Waals surface area contributed by atoms with Crippen LogP contribution in [0.4, 0.5) is 0 Å². The Hall–Kier alpha value is -3.42. The molecule has 2 heterocycles. The number of hydrogen-bond acceptors (Lipinski definition) is 5. The highest BCUT2D eigenvalue weighted by atomic mass is 16.7. The first kappa shape index (κ1) is 19.9. The standard InChI is InChI=1S/C22H26N4O4/c1-26(2)21(27)13-24-22(23-12-15-7-8-19-20(11-15)30-14-29-19)25-17-9-10-28-18-6-4-3-5-16(17)18/h3-8,11,17H,9-10,12-14H2,1-2H3,(H2,23,24,25). The van der Waals surface area contributed by atoms with Crippen molar-refractivity contribution in [2.24, 2.45) is 4.99 Å². The molecule has 0 bridgehead atoms. The topological polar surface area (TPSA) is 84.4 Å². The molecule has 0 saturated heterocycles. The SMILES string of the molecule is CN(C)C(=O)CNC(=NCc1ccc2c(c1)OCO2)NC1CCOc2ccccc21. The highest BCUT2D eigenvalue weighted by Crippen LogP contribution is 2.33. The summed E-state index contributed by atoms with van der Waals surface area (Å²) in [5, 5.41) is 6.61. The minimum Gasteiger partial charge on any atom is -0.493 e. The zero-order chi connectivity index (χ0) is 20.9. The van der Waals surface area contributed by atoms with Crippen LogP contribution >= 0.6 is 0 Å². The Kier molecular flexibility index (Phi) is 5.92. The summed E-state index contributed by atoms with van der Waals surface area (Å²) in [6.45, 7) is 1.46. The molecule has 8 nitrogen and oxygen atoms in total. The summed E-state index contributed by atoms with van der Waals surface area (Å²) < 4.78 is 16.6. The second-order valence-corrected chi connectivity index (χ2v) is 7.37. The quantitative estimate of drug-likeness (QED) is 0.580. The number of fused-ring (bicyclic) bond motifs is 2. The first-order valence-corrected chi connectivity index (χ1v) is 9.95. The van der Waals surface area contributed by atoms with Crippen LogP contribution < -0.4 is 24.8 Å². The average molecular weight is 410 g/mol. The number of nitrogens with one attached hydrogen (secondary N) is 2. The van der Waals surface area contributed by atoms with Gasteiger partial charge in [0.2, 0.25) is 12.7 Å². The smallest absolute Gasteiger partial charge is 0.241 e. The van der Waals surface area contributed by atoms with Gasteiger partial charge in [-0.05, 0) is 23.8 Å². The Morgan fingerprint density at radius 3 is 2.80 bits per heavy atom. The van der Waals surface area contributed by atoms with E-state index in [0.29, 0.717) is 19.1 Å². The fourth-order valence-electron chi connectivity index (χ4n) is 3.34. The molecule has 1 unspecified atom stereocenters.